The molecule has 1 N–H and O–H groups in total. The normalized spacial score (nSPS) is 17.0. The minimum absolute atomic E-state index is 0.0179. The first kappa shape index (κ1) is 15.1. The number of hydrogen-bond donors (Lipinski definition) is 1. The summed E-state index contributed by atoms with van der Waals surface area (Å²) in [5.74, 6) is -3.52. The molecule has 0 unspecified atom stereocenters. The number of ketones is 1. The van der Waals surface area contributed by atoms with Crippen LogP contribution >= 0.6 is 0 Å². The number of allylic oxidation sites excluding steroid dienone is 1. The number of halogens is 3. The van der Waals surface area contributed by atoms with Crippen molar-refractivity contribution in [2.24, 2.45) is 0 Å². The van der Waals surface area contributed by atoms with E-state index in [-0.39, 0.29) is 30.8 Å². The van der Waals surface area contributed by atoms with Gasteiger partial charge in [0.1, 0.15) is 11.3 Å². The van der Waals surface area contributed by atoms with E-state index >= 15 is 0 Å². The molecule has 2 rings (SSSR count). The highest BCUT2D eigenvalue weighted by Crippen LogP contribution is 2.41. The summed E-state index contributed by atoms with van der Waals surface area (Å²) >= 11 is 0. The van der Waals surface area contributed by atoms with Crippen LogP contribution in [0.15, 0.2) is 16.3 Å². The number of fused-ring (bicyclic) bond motifs is 1. The number of esters is 1. The number of ether oxygens (including phenoxy) is 1. The number of aliphatic hydroxyl groups excluding tert-OH is 1. The fraction of sp³-hybridized carbons (Fsp3) is 0.385. The van der Waals surface area contributed by atoms with Gasteiger partial charge in [-0.3, -0.25) is 4.79 Å². The lowest BCUT2D eigenvalue weighted by molar-refractivity contribution is -0.138. The standard InChI is InChI=1S/C13H11F3O5/c1-2-20-12(19)11-9(13(14,15)16)8-7(21-11)4-3-6(5-17)10(8)18/h5,17H,2-4H2,1H3/b6-5+. The topological polar surface area (TPSA) is 76.7 Å². The predicted octanol–water partition coefficient (Wildman–Crippen LogP) is 3.05. The average Bonchev–Trinajstić information content (AvgIpc) is 2.80. The number of rotatable bonds is 2. The molecule has 0 aromatic carbocycles. The number of furan rings is 1. The van der Waals surface area contributed by atoms with Gasteiger partial charge in [0.2, 0.25) is 5.76 Å². The number of alkyl halides is 3. The van der Waals surface area contributed by atoms with E-state index in [0.717, 1.165) is 0 Å². The van der Waals surface area contributed by atoms with Crippen LogP contribution in [-0.2, 0) is 17.3 Å². The second kappa shape index (κ2) is 5.27. The van der Waals surface area contributed by atoms with Crippen molar-refractivity contribution in [3.63, 3.8) is 0 Å². The third kappa shape index (κ3) is 2.53. The van der Waals surface area contributed by atoms with Gasteiger partial charge in [-0.2, -0.15) is 13.2 Å². The number of aliphatic hydroxyl groups is 1. The van der Waals surface area contributed by atoms with E-state index in [4.69, 9.17) is 9.52 Å². The fourth-order valence-corrected chi connectivity index (χ4v) is 2.15. The van der Waals surface area contributed by atoms with E-state index in [1.807, 2.05) is 0 Å². The molecule has 0 spiro atoms. The molecular weight excluding hydrogens is 293 g/mol. The van der Waals surface area contributed by atoms with Gasteiger partial charge in [-0.15, -0.1) is 0 Å². The van der Waals surface area contributed by atoms with Crippen LogP contribution < -0.4 is 0 Å². The van der Waals surface area contributed by atoms with Gasteiger partial charge in [0.15, 0.2) is 5.78 Å². The van der Waals surface area contributed by atoms with Crippen LogP contribution in [0.3, 0.4) is 0 Å². The van der Waals surface area contributed by atoms with Crippen molar-refractivity contribution in [2.75, 3.05) is 6.61 Å². The molecule has 0 radical (unpaired) electrons. The Morgan fingerprint density at radius 1 is 1.43 bits per heavy atom. The molecule has 21 heavy (non-hydrogen) atoms. The summed E-state index contributed by atoms with van der Waals surface area (Å²) < 4.78 is 49.0. The zero-order valence-corrected chi connectivity index (χ0v) is 10.9. The summed E-state index contributed by atoms with van der Waals surface area (Å²) in [6.07, 6.45) is -4.46. The third-order valence-corrected chi connectivity index (χ3v) is 3.02. The van der Waals surface area contributed by atoms with Crippen LogP contribution in [0.1, 0.15) is 45.6 Å². The minimum atomic E-state index is -4.95. The molecule has 1 aromatic rings. The maximum Gasteiger partial charge on any atom is 0.421 e. The first-order chi connectivity index (χ1) is 9.81. The van der Waals surface area contributed by atoms with Crippen LogP contribution in [0.4, 0.5) is 13.2 Å². The molecule has 0 saturated heterocycles. The molecule has 5 nitrogen and oxygen atoms in total. The van der Waals surface area contributed by atoms with Gasteiger partial charge in [-0.25, -0.2) is 4.79 Å². The molecule has 0 bridgehead atoms. The van der Waals surface area contributed by atoms with Crippen LogP contribution in [0.2, 0.25) is 0 Å². The Kier molecular flexibility index (Phi) is 3.80. The second-order valence-corrected chi connectivity index (χ2v) is 4.31. The summed E-state index contributed by atoms with van der Waals surface area (Å²) in [6.45, 7) is 1.31. The number of hydrogen-bond acceptors (Lipinski definition) is 5. The van der Waals surface area contributed by atoms with Crippen molar-refractivity contribution in [1.29, 1.82) is 0 Å². The molecule has 1 aliphatic carbocycles. The molecular formula is C13H11F3O5. The molecule has 1 aromatic heterocycles. The van der Waals surface area contributed by atoms with Gasteiger partial charge in [0, 0.05) is 12.0 Å². The highest BCUT2D eigenvalue weighted by atomic mass is 19.4. The van der Waals surface area contributed by atoms with E-state index < -0.39 is 34.8 Å². The smallest absolute Gasteiger partial charge is 0.421 e. The molecule has 0 aliphatic heterocycles. The molecule has 1 aliphatic rings. The Labute approximate surface area is 117 Å². The van der Waals surface area contributed by atoms with Gasteiger partial charge in [0.05, 0.1) is 18.4 Å². The summed E-state index contributed by atoms with van der Waals surface area (Å²) in [4.78, 5) is 23.6. The van der Waals surface area contributed by atoms with Crippen molar-refractivity contribution >= 4 is 11.8 Å². The maximum absolute atomic E-state index is 13.2. The lowest BCUT2D eigenvalue weighted by Gasteiger charge is -2.14. The SMILES string of the molecule is CCOC(=O)c1oc2c(c1C(F)(F)F)C(=O)/C(=C/O)CC2. The average molecular weight is 304 g/mol. The Balaban J connectivity index is 2.66. The van der Waals surface area contributed by atoms with Crippen LogP contribution in [0, 0.1) is 0 Å². The zero-order chi connectivity index (χ0) is 15.8. The third-order valence-electron chi connectivity index (χ3n) is 3.02. The van der Waals surface area contributed by atoms with E-state index in [9.17, 15) is 22.8 Å². The highest BCUT2D eigenvalue weighted by molar-refractivity contribution is 6.12. The maximum atomic E-state index is 13.2. The second-order valence-electron chi connectivity index (χ2n) is 4.31. The first-order valence-corrected chi connectivity index (χ1v) is 6.09. The summed E-state index contributed by atoms with van der Waals surface area (Å²) in [5, 5.41) is 8.89. The van der Waals surface area contributed by atoms with Gasteiger partial charge < -0.3 is 14.3 Å². The molecule has 1 heterocycles. The minimum Gasteiger partial charge on any atom is -0.515 e. The number of carbonyl (C=O) groups excluding carboxylic acids is 2. The van der Waals surface area contributed by atoms with E-state index in [1.54, 1.807) is 0 Å². The Bertz CT molecular complexity index is 624. The molecule has 0 amide bonds. The first-order valence-electron chi connectivity index (χ1n) is 6.09. The van der Waals surface area contributed by atoms with Crippen LogP contribution in [0.5, 0.6) is 0 Å². The quantitative estimate of drug-likeness (QED) is 0.516. The molecule has 8 heteroatoms. The summed E-state index contributed by atoms with van der Waals surface area (Å²) in [7, 11) is 0. The van der Waals surface area contributed by atoms with Gasteiger partial charge in [-0.1, -0.05) is 0 Å². The fourth-order valence-electron chi connectivity index (χ4n) is 2.15. The molecule has 0 saturated carbocycles. The predicted molar refractivity (Wildman–Crippen MR) is 63.0 cm³/mol. The Morgan fingerprint density at radius 3 is 2.62 bits per heavy atom. The van der Waals surface area contributed by atoms with Crippen LogP contribution in [0.25, 0.3) is 0 Å². The lowest BCUT2D eigenvalue weighted by Crippen LogP contribution is -2.20. The van der Waals surface area contributed by atoms with Crippen molar-refractivity contribution < 1.29 is 37.0 Å². The Morgan fingerprint density at radius 2 is 2.10 bits per heavy atom. The van der Waals surface area contributed by atoms with Crippen LogP contribution in [-0.4, -0.2) is 23.5 Å². The van der Waals surface area contributed by atoms with Crippen molar-refractivity contribution in [3.05, 3.63) is 34.5 Å². The summed E-state index contributed by atoms with van der Waals surface area (Å²) in [6, 6.07) is 0. The molecule has 0 atom stereocenters. The largest absolute Gasteiger partial charge is 0.515 e. The number of aryl methyl sites for hydroxylation is 1. The van der Waals surface area contributed by atoms with Crippen molar-refractivity contribution in [3.8, 4) is 0 Å². The lowest BCUT2D eigenvalue weighted by atomic mass is 9.89. The molecule has 114 valence electrons. The van der Waals surface area contributed by atoms with Gasteiger partial charge in [0.25, 0.3) is 0 Å². The monoisotopic (exact) mass is 304 g/mol. The van der Waals surface area contributed by atoms with E-state index in [2.05, 4.69) is 4.74 Å². The Hall–Kier alpha value is -2.25. The zero-order valence-electron chi connectivity index (χ0n) is 10.9. The number of Topliss-reactive ketones (excluding diaryl/α,β-unsaturated/α-hetero) is 1. The molecule has 0 fully saturated rings. The highest BCUT2D eigenvalue weighted by Gasteiger charge is 2.46. The van der Waals surface area contributed by atoms with Crippen molar-refractivity contribution in [1.82, 2.24) is 0 Å². The summed E-state index contributed by atoms with van der Waals surface area (Å²) in [5.41, 5.74) is -2.33. The van der Waals surface area contributed by atoms with Crippen molar-refractivity contribution in [2.45, 2.75) is 25.9 Å². The van der Waals surface area contributed by atoms with E-state index in [1.165, 1.54) is 6.92 Å². The van der Waals surface area contributed by atoms with E-state index in [0.29, 0.717) is 6.26 Å². The van der Waals surface area contributed by atoms with Gasteiger partial charge in [-0.05, 0) is 13.3 Å². The van der Waals surface area contributed by atoms with Gasteiger partial charge >= 0.3 is 12.1 Å². The number of carbonyl (C=O) groups is 2.